The van der Waals surface area contributed by atoms with Crippen LogP contribution in [0.1, 0.15) is 79.1 Å². The molecule has 0 aromatic rings. The average Bonchev–Trinajstić information content (AvgIpc) is 2.41. The summed E-state index contributed by atoms with van der Waals surface area (Å²) >= 11 is 9.45. The van der Waals surface area contributed by atoms with E-state index < -0.39 is 0 Å². The third-order valence-corrected chi connectivity index (χ3v) is 6.55. The van der Waals surface area contributed by atoms with Gasteiger partial charge in [-0.1, -0.05) is 0 Å². The van der Waals surface area contributed by atoms with Crippen LogP contribution >= 0.6 is 24.0 Å². The number of nitrogens with zero attached hydrogens (tertiary/aromatic N) is 1. The van der Waals surface area contributed by atoms with Crippen molar-refractivity contribution in [1.29, 1.82) is 0 Å². The van der Waals surface area contributed by atoms with Gasteiger partial charge >= 0.3 is 155 Å². The van der Waals surface area contributed by atoms with Crippen LogP contribution in [-0.4, -0.2) is 20.1 Å². The van der Waals surface area contributed by atoms with Crippen LogP contribution < -0.4 is 0 Å². The molecule has 0 aliphatic carbocycles. The maximum atomic E-state index is 5.51. The minimum atomic E-state index is 0.843. The predicted octanol–water partition coefficient (Wildman–Crippen LogP) is 6.20. The molecule has 0 rings (SSSR count). The van der Waals surface area contributed by atoms with E-state index in [2.05, 4.69) is 51.2 Å². The monoisotopic (exact) mass is 414 g/mol. The van der Waals surface area contributed by atoms with Gasteiger partial charge in [-0.15, -0.1) is 0 Å². The van der Waals surface area contributed by atoms with Crippen molar-refractivity contribution in [1.82, 2.24) is 3.46 Å². The molecular formula is C17H34MoNS2. The maximum absolute atomic E-state index is 5.51. The Morgan fingerprint density at radius 1 is 0.905 bits per heavy atom. The van der Waals surface area contributed by atoms with Crippen molar-refractivity contribution in [2.24, 2.45) is 11.8 Å². The molecule has 0 heterocycles. The number of hydrogen-bond donors (Lipinski definition) is 0. The van der Waals surface area contributed by atoms with Gasteiger partial charge < -0.3 is 0 Å². The van der Waals surface area contributed by atoms with E-state index in [1.807, 2.05) is 11.8 Å². The first-order chi connectivity index (χ1) is 9.93. The van der Waals surface area contributed by atoms with Gasteiger partial charge in [0, 0.05) is 0 Å². The molecule has 0 aliphatic heterocycles. The number of unbranched alkanes of at least 4 members (excludes halogenated alkanes) is 4. The first-order valence-corrected chi connectivity index (χ1v) is 10.8. The van der Waals surface area contributed by atoms with E-state index in [0.717, 1.165) is 22.7 Å². The van der Waals surface area contributed by atoms with Crippen molar-refractivity contribution < 1.29 is 20.1 Å². The summed E-state index contributed by atoms with van der Waals surface area (Å²) in [7, 11) is 0. The molecule has 0 saturated heterocycles. The van der Waals surface area contributed by atoms with Gasteiger partial charge in [-0.05, 0) is 0 Å². The van der Waals surface area contributed by atoms with E-state index in [-0.39, 0.29) is 0 Å². The van der Waals surface area contributed by atoms with Gasteiger partial charge in [0.25, 0.3) is 0 Å². The summed E-state index contributed by atoms with van der Waals surface area (Å²) in [6.07, 6.45) is 10.7. The van der Waals surface area contributed by atoms with Crippen LogP contribution in [0, 0.1) is 11.8 Å². The molecular weight excluding hydrogens is 378 g/mol. The fraction of sp³-hybridized carbons (Fsp3) is 0.941. The number of hydrogen-bond acceptors (Lipinski definition) is 2. The second-order valence-electron chi connectivity index (χ2n) is 6.70. The Labute approximate surface area is 154 Å². The zero-order chi connectivity index (χ0) is 16.1. The molecule has 0 fully saturated rings. The second kappa shape index (κ2) is 14.5. The molecule has 0 atom stereocenters. The van der Waals surface area contributed by atoms with Gasteiger partial charge in [0.05, 0.1) is 0 Å². The van der Waals surface area contributed by atoms with E-state index in [9.17, 15) is 0 Å². The van der Waals surface area contributed by atoms with Gasteiger partial charge in [-0.3, -0.25) is 0 Å². The Balaban J connectivity index is 3.44. The first-order valence-electron chi connectivity index (χ1n) is 8.55. The van der Waals surface area contributed by atoms with Crippen molar-refractivity contribution in [2.75, 3.05) is 12.3 Å². The van der Waals surface area contributed by atoms with Crippen molar-refractivity contribution >= 4 is 28.3 Å². The van der Waals surface area contributed by atoms with Crippen molar-refractivity contribution in [3.8, 4) is 0 Å². The van der Waals surface area contributed by atoms with Crippen LogP contribution in [0.4, 0.5) is 0 Å². The third-order valence-electron chi connectivity index (χ3n) is 3.50. The molecule has 0 amide bonds. The Kier molecular flexibility index (Phi) is 15.2. The van der Waals surface area contributed by atoms with E-state index in [0.29, 0.717) is 0 Å². The van der Waals surface area contributed by atoms with Crippen LogP contribution in [-0.2, 0) is 20.1 Å². The Hall–Kier alpha value is 0.928. The summed E-state index contributed by atoms with van der Waals surface area (Å²) in [5, 5.41) is 0. The van der Waals surface area contributed by atoms with Crippen LogP contribution in [0.3, 0.4) is 0 Å². The van der Waals surface area contributed by atoms with Crippen molar-refractivity contribution in [3.05, 3.63) is 0 Å². The van der Waals surface area contributed by atoms with Gasteiger partial charge in [0.15, 0.2) is 0 Å². The molecule has 0 saturated carbocycles. The normalized spacial score (nSPS) is 11.3. The fourth-order valence-corrected chi connectivity index (χ4v) is 3.94. The summed E-state index contributed by atoms with van der Waals surface area (Å²) in [4.78, 5) is 0. The summed E-state index contributed by atoms with van der Waals surface area (Å²) in [5.74, 6) is 2.88. The van der Waals surface area contributed by atoms with Crippen LogP contribution in [0.5, 0.6) is 0 Å². The molecule has 4 heteroatoms. The topological polar surface area (TPSA) is 3.24 Å². The number of thiocarbonyl (C=S) groups is 1. The zero-order valence-electron chi connectivity index (χ0n) is 14.4. The molecule has 0 N–H and O–H groups in total. The quantitative estimate of drug-likeness (QED) is 0.213. The Morgan fingerprint density at radius 3 is 1.95 bits per heavy atom. The molecule has 0 unspecified atom stereocenters. The van der Waals surface area contributed by atoms with E-state index >= 15 is 0 Å². The van der Waals surface area contributed by atoms with E-state index in [1.165, 1.54) is 57.1 Å². The molecule has 125 valence electrons. The Bertz CT molecular complexity index is 257. The molecule has 21 heavy (non-hydrogen) atoms. The number of rotatable bonds is 12. The van der Waals surface area contributed by atoms with Gasteiger partial charge in [-0.25, -0.2) is 0 Å². The van der Waals surface area contributed by atoms with Crippen LogP contribution in [0.25, 0.3) is 0 Å². The van der Waals surface area contributed by atoms with Crippen LogP contribution in [0.2, 0.25) is 0 Å². The van der Waals surface area contributed by atoms with E-state index in [1.54, 1.807) is 0 Å². The molecule has 0 bridgehead atoms. The average molecular weight is 413 g/mol. The summed E-state index contributed by atoms with van der Waals surface area (Å²) in [5.41, 5.74) is 0. The van der Waals surface area contributed by atoms with Gasteiger partial charge in [0.2, 0.25) is 0 Å². The summed E-state index contributed by atoms with van der Waals surface area (Å²) in [6.45, 7) is 10.3. The van der Waals surface area contributed by atoms with Crippen molar-refractivity contribution in [2.45, 2.75) is 79.1 Å². The summed E-state index contributed by atoms with van der Waals surface area (Å²) in [6, 6.07) is 0. The minimum absolute atomic E-state index is 0.843. The molecule has 0 aromatic carbocycles. The van der Waals surface area contributed by atoms with Crippen molar-refractivity contribution in [3.63, 3.8) is 0 Å². The predicted molar refractivity (Wildman–Crippen MR) is 98.4 cm³/mol. The zero-order valence-corrected chi connectivity index (χ0v) is 18.0. The second-order valence-corrected chi connectivity index (χ2v) is 9.52. The molecule has 0 aromatic heterocycles. The van der Waals surface area contributed by atoms with Crippen LogP contribution in [0.15, 0.2) is 0 Å². The SMILES string of the molecule is CC(C)CCCCCSC(=S)[N]([Mo])CCCCCC(C)C. The number of thioether (sulfide) groups is 1. The fourth-order valence-electron chi connectivity index (χ4n) is 2.14. The van der Waals surface area contributed by atoms with E-state index in [4.69, 9.17) is 12.2 Å². The standard InChI is InChI=1S/C17H35NS2.Mo/c1-15(2)11-7-5-9-13-18-17(19)20-14-10-6-8-12-16(3)4;/h15-16H,5-14H2,1-4H3,(H,18,19);/q;+1/p-1. The molecule has 0 spiro atoms. The van der Waals surface area contributed by atoms with Gasteiger partial charge in [0.1, 0.15) is 0 Å². The third kappa shape index (κ3) is 15.6. The summed E-state index contributed by atoms with van der Waals surface area (Å²) < 4.78 is 3.37. The molecule has 1 nitrogen and oxygen atoms in total. The molecule has 0 radical (unpaired) electrons. The Morgan fingerprint density at radius 2 is 1.43 bits per heavy atom. The molecule has 0 aliphatic rings. The first kappa shape index (κ1) is 21.9. The van der Waals surface area contributed by atoms with Gasteiger partial charge in [-0.2, -0.15) is 0 Å².